The van der Waals surface area contributed by atoms with Crippen LogP contribution in [0.25, 0.3) is 0 Å². The molecule has 1 N–H and O–H groups in total. The van der Waals surface area contributed by atoms with E-state index in [1.807, 2.05) is 6.92 Å². The van der Waals surface area contributed by atoms with E-state index in [9.17, 15) is 9.90 Å². The molecule has 19 heavy (non-hydrogen) atoms. The Kier molecular flexibility index (Phi) is 4.58. The number of likely N-dealkylation sites (tertiary alicyclic amines) is 1. The Labute approximate surface area is 118 Å². The van der Waals surface area contributed by atoms with Gasteiger partial charge < -0.3 is 5.11 Å². The molecule has 0 aromatic carbocycles. The van der Waals surface area contributed by atoms with Gasteiger partial charge in [-0.1, -0.05) is 13.8 Å². The van der Waals surface area contributed by atoms with Crippen LogP contribution in [-0.4, -0.2) is 33.0 Å². The minimum Gasteiger partial charge on any atom is -0.480 e. The lowest BCUT2D eigenvalue weighted by atomic mass is 9.93. The van der Waals surface area contributed by atoms with E-state index in [1.54, 1.807) is 11.3 Å². The Morgan fingerprint density at radius 3 is 3.00 bits per heavy atom. The van der Waals surface area contributed by atoms with Crippen LogP contribution >= 0.6 is 11.3 Å². The van der Waals surface area contributed by atoms with Crippen molar-refractivity contribution in [1.29, 1.82) is 0 Å². The molecule has 4 nitrogen and oxygen atoms in total. The number of carbonyl (C=O) groups is 1. The molecule has 5 heteroatoms. The summed E-state index contributed by atoms with van der Waals surface area (Å²) in [6.45, 7) is 5.64. The molecule has 2 rings (SSSR count). The van der Waals surface area contributed by atoms with Crippen molar-refractivity contribution in [2.24, 2.45) is 0 Å². The van der Waals surface area contributed by atoms with Crippen LogP contribution in [0.4, 0.5) is 0 Å². The molecule has 0 amide bonds. The highest BCUT2D eigenvalue weighted by molar-refractivity contribution is 7.09. The Morgan fingerprint density at radius 2 is 2.37 bits per heavy atom. The number of carboxylic acids is 1. The lowest BCUT2D eigenvalue weighted by Gasteiger charge is -2.33. The maximum absolute atomic E-state index is 11.6. The van der Waals surface area contributed by atoms with Crippen LogP contribution in [0, 0.1) is 0 Å². The van der Waals surface area contributed by atoms with Crippen LogP contribution in [-0.2, 0) is 17.8 Å². The molecule has 1 aliphatic rings. The molecule has 1 unspecified atom stereocenters. The van der Waals surface area contributed by atoms with Gasteiger partial charge in [0.15, 0.2) is 0 Å². The highest BCUT2D eigenvalue weighted by atomic mass is 32.1. The molecule has 0 aliphatic carbocycles. The van der Waals surface area contributed by atoms with Gasteiger partial charge in [-0.3, -0.25) is 9.69 Å². The largest absolute Gasteiger partial charge is 0.480 e. The maximum Gasteiger partial charge on any atom is 0.324 e. The molecular weight excluding hydrogens is 260 g/mol. The summed E-state index contributed by atoms with van der Waals surface area (Å²) >= 11 is 1.69. The quantitative estimate of drug-likeness (QED) is 0.871. The molecule has 0 saturated carbocycles. The second kappa shape index (κ2) is 6.01. The summed E-state index contributed by atoms with van der Waals surface area (Å²) in [5.41, 5.74) is 0.351. The fourth-order valence-corrected chi connectivity index (χ4v) is 3.80. The smallest absolute Gasteiger partial charge is 0.324 e. The van der Waals surface area contributed by atoms with E-state index in [2.05, 4.69) is 22.2 Å². The first-order valence-electron chi connectivity index (χ1n) is 7.04. The Morgan fingerprint density at radius 1 is 1.58 bits per heavy atom. The molecule has 1 aliphatic heterocycles. The normalized spacial score (nSPS) is 23.9. The second-order valence-electron chi connectivity index (χ2n) is 5.20. The van der Waals surface area contributed by atoms with Crippen molar-refractivity contribution in [2.75, 3.05) is 6.54 Å². The molecule has 1 aromatic heterocycles. The summed E-state index contributed by atoms with van der Waals surface area (Å²) in [6, 6.07) is 0. The molecule has 1 saturated heterocycles. The lowest BCUT2D eigenvalue weighted by molar-refractivity contribution is -0.150. The average molecular weight is 282 g/mol. The van der Waals surface area contributed by atoms with Crippen LogP contribution < -0.4 is 0 Å². The number of thiazole rings is 1. The molecule has 1 fully saturated rings. The molecule has 1 aromatic rings. The van der Waals surface area contributed by atoms with Crippen molar-refractivity contribution in [3.05, 3.63) is 16.1 Å². The van der Waals surface area contributed by atoms with Crippen LogP contribution in [0.2, 0.25) is 0 Å². The van der Waals surface area contributed by atoms with Gasteiger partial charge in [-0.05, 0) is 38.6 Å². The Balaban J connectivity index is 2.10. The van der Waals surface area contributed by atoms with Gasteiger partial charge in [0.05, 0.1) is 10.7 Å². The van der Waals surface area contributed by atoms with Crippen molar-refractivity contribution in [3.8, 4) is 0 Å². The van der Waals surface area contributed by atoms with E-state index in [4.69, 9.17) is 0 Å². The van der Waals surface area contributed by atoms with Crippen LogP contribution in [0.15, 0.2) is 5.38 Å². The molecule has 0 bridgehead atoms. The third-order valence-corrected chi connectivity index (χ3v) is 4.98. The van der Waals surface area contributed by atoms with E-state index in [0.29, 0.717) is 13.0 Å². The minimum atomic E-state index is -0.684. The van der Waals surface area contributed by atoms with Gasteiger partial charge in [-0.15, -0.1) is 11.3 Å². The van der Waals surface area contributed by atoms with Gasteiger partial charge in [0.2, 0.25) is 0 Å². The zero-order valence-corrected chi connectivity index (χ0v) is 12.5. The van der Waals surface area contributed by atoms with E-state index in [0.717, 1.165) is 42.9 Å². The van der Waals surface area contributed by atoms with Gasteiger partial charge in [0, 0.05) is 11.9 Å². The van der Waals surface area contributed by atoms with E-state index in [-0.39, 0.29) is 0 Å². The topological polar surface area (TPSA) is 53.4 Å². The predicted molar refractivity (Wildman–Crippen MR) is 76.4 cm³/mol. The van der Waals surface area contributed by atoms with Crippen molar-refractivity contribution in [2.45, 2.75) is 58.0 Å². The van der Waals surface area contributed by atoms with Gasteiger partial charge >= 0.3 is 5.97 Å². The second-order valence-corrected chi connectivity index (χ2v) is 6.14. The average Bonchev–Trinajstić information content (AvgIpc) is 2.98. The number of aliphatic carboxylic acids is 1. The van der Waals surface area contributed by atoms with Crippen LogP contribution in [0.5, 0.6) is 0 Å². The predicted octanol–water partition coefficient (Wildman–Crippen LogP) is 2.92. The highest BCUT2D eigenvalue weighted by Gasteiger charge is 2.46. The summed E-state index contributed by atoms with van der Waals surface area (Å²) < 4.78 is 0. The number of hydrogen-bond acceptors (Lipinski definition) is 4. The first kappa shape index (κ1) is 14.5. The molecule has 1 atom stereocenters. The molecular formula is C14H22N2O2S. The zero-order chi connectivity index (χ0) is 13.9. The number of rotatable bonds is 6. The van der Waals surface area contributed by atoms with Gasteiger partial charge in [0.25, 0.3) is 0 Å². The Hall–Kier alpha value is -0.940. The van der Waals surface area contributed by atoms with E-state index in [1.165, 1.54) is 0 Å². The van der Waals surface area contributed by atoms with Crippen molar-refractivity contribution >= 4 is 17.3 Å². The number of hydrogen-bond donors (Lipinski definition) is 1. The monoisotopic (exact) mass is 282 g/mol. The van der Waals surface area contributed by atoms with Crippen molar-refractivity contribution in [1.82, 2.24) is 9.88 Å². The minimum absolute atomic E-state index is 0.661. The van der Waals surface area contributed by atoms with Gasteiger partial charge in [-0.2, -0.15) is 0 Å². The number of aryl methyl sites for hydroxylation is 1. The van der Waals surface area contributed by atoms with E-state index >= 15 is 0 Å². The molecule has 106 valence electrons. The summed E-state index contributed by atoms with van der Waals surface area (Å²) in [4.78, 5) is 18.3. The fraction of sp³-hybridized carbons (Fsp3) is 0.714. The molecule has 0 radical (unpaired) electrons. The number of nitrogens with zero attached hydrogens (tertiary/aromatic N) is 2. The first-order chi connectivity index (χ1) is 9.12. The summed E-state index contributed by atoms with van der Waals surface area (Å²) in [7, 11) is 0. The zero-order valence-electron chi connectivity index (χ0n) is 11.7. The summed E-state index contributed by atoms with van der Waals surface area (Å²) in [5, 5.41) is 12.8. The van der Waals surface area contributed by atoms with Crippen molar-refractivity contribution < 1.29 is 9.90 Å². The highest BCUT2D eigenvalue weighted by Crippen LogP contribution is 2.34. The standard InChI is InChI=1S/C14H22N2O2S/c1-3-6-12-15-11(10-19-12)9-16-8-5-7-14(16,4-2)13(17)18/h10H,3-9H2,1-2H3,(H,17,18). The SMILES string of the molecule is CCCc1nc(CN2CCCC2(CC)C(=O)O)cs1. The lowest BCUT2D eigenvalue weighted by Crippen LogP contribution is -2.49. The molecule has 0 spiro atoms. The van der Waals surface area contributed by atoms with Crippen LogP contribution in [0.3, 0.4) is 0 Å². The van der Waals surface area contributed by atoms with E-state index < -0.39 is 11.5 Å². The maximum atomic E-state index is 11.6. The Bertz CT molecular complexity index is 446. The van der Waals surface area contributed by atoms with Crippen LogP contribution in [0.1, 0.15) is 50.2 Å². The summed E-state index contributed by atoms with van der Waals surface area (Å²) in [6.07, 6.45) is 4.50. The third-order valence-electron chi connectivity index (χ3n) is 4.02. The third kappa shape index (κ3) is 2.82. The molecule has 2 heterocycles. The van der Waals surface area contributed by atoms with Gasteiger partial charge in [0.1, 0.15) is 5.54 Å². The number of carboxylic acid groups (broad SMARTS) is 1. The summed E-state index contributed by atoms with van der Waals surface area (Å²) in [5.74, 6) is -0.684. The van der Waals surface area contributed by atoms with Gasteiger partial charge in [-0.25, -0.2) is 4.98 Å². The first-order valence-corrected chi connectivity index (χ1v) is 7.92. The fourth-order valence-electron chi connectivity index (χ4n) is 2.90. The number of aromatic nitrogens is 1. The van der Waals surface area contributed by atoms with Crippen molar-refractivity contribution in [3.63, 3.8) is 0 Å².